The molecule has 0 radical (unpaired) electrons. The van der Waals surface area contributed by atoms with Crippen LogP contribution in [0, 0.1) is 30.3 Å². The van der Waals surface area contributed by atoms with Crippen molar-refractivity contribution in [2.45, 2.75) is 0 Å². The molecule has 1 rings (SSSR count). The van der Waals surface area contributed by atoms with Crippen LogP contribution in [0.25, 0.3) is 0 Å². The van der Waals surface area contributed by atoms with Gasteiger partial charge in [0.25, 0.3) is 11.4 Å². The summed E-state index contributed by atoms with van der Waals surface area (Å²) < 4.78 is 0. The van der Waals surface area contributed by atoms with Crippen LogP contribution in [0.2, 0.25) is 0 Å². The molecule has 0 amide bonds. The molecule has 0 aliphatic heterocycles. The molecule has 0 heterocycles. The van der Waals surface area contributed by atoms with Crippen LogP contribution in [-0.4, -0.2) is 49.4 Å². The van der Waals surface area contributed by atoms with Gasteiger partial charge in [0.15, 0.2) is 0 Å². The number of hydrogen-bond donors (Lipinski definition) is 1. The third kappa shape index (κ3) is 3.09. The number of aromatic hydroxyl groups is 1. The van der Waals surface area contributed by atoms with Crippen LogP contribution in [-0.2, 0) is 0 Å². The molecule has 0 bridgehead atoms. The van der Waals surface area contributed by atoms with E-state index in [0.717, 1.165) is 0 Å². The third-order valence-electron chi connectivity index (χ3n) is 1.66. The predicted molar refractivity (Wildman–Crippen MR) is 55.2 cm³/mol. The third-order valence-corrected chi connectivity index (χ3v) is 1.66. The van der Waals surface area contributed by atoms with Gasteiger partial charge in [0.2, 0.25) is 0 Å². The SMILES string of the molecule is O=[N+]([O-])c1cc([N+](=O)[O-])c(O)c([N+](=O)[O-])c1.[NaH]. The second-order valence-corrected chi connectivity index (χ2v) is 2.60. The normalized spacial score (nSPS) is 9.18. The fraction of sp³-hybridized carbons (Fsp3) is 0. The van der Waals surface area contributed by atoms with Crippen molar-refractivity contribution < 1.29 is 19.9 Å². The predicted octanol–water partition coefficient (Wildman–Crippen LogP) is 0.468. The number of nitro benzene ring substituents is 3. The van der Waals surface area contributed by atoms with Crippen molar-refractivity contribution in [1.82, 2.24) is 0 Å². The zero-order chi connectivity index (χ0) is 12.5. The van der Waals surface area contributed by atoms with Gasteiger partial charge in [0, 0.05) is 0 Å². The summed E-state index contributed by atoms with van der Waals surface area (Å²) >= 11 is 0. The van der Waals surface area contributed by atoms with E-state index in [2.05, 4.69) is 0 Å². The van der Waals surface area contributed by atoms with Crippen molar-refractivity contribution in [2.75, 3.05) is 0 Å². The Bertz CT molecular complexity index is 467. The summed E-state index contributed by atoms with van der Waals surface area (Å²) in [5, 5.41) is 40.2. The molecule has 1 N–H and O–H groups in total. The Morgan fingerprint density at radius 2 is 1.24 bits per heavy atom. The Balaban J connectivity index is 0.00000256. The Labute approximate surface area is 115 Å². The minimum absolute atomic E-state index is 0. The van der Waals surface area contributed by atoms with E-state index < -0.39 is 37.6 Å². The first-order chi connectivity index (χ1) is 7.34. The number of nitrogens with zero attached hydrogens (tertiary/aromatic N) is 3. The second kappa shape index (κ2) is 5.52. The molecule has 1 aromatic rings. The van der Waals surface area contributed by atoms with Gasteiger partial charge in [-0.1, -0.05) is 0 Å². The first-order valence-electron chi connectivity index (χ1n) is 3.64. The Hall–Kier alpha value is -1.78. The number of benzene rings is 1. The molecule has 0 aliphatic rings. The van der Waals surface area contributed by atoms with Gasteiger partial charge < -0.3 is 5.11 Å². The van der Waals surface area contributed by atoms with Crippen molar-refractivity contribution in [3.8, 4) is 5.75 Å². The number of nitro groups is 3. The van der Waals surface area contributed by atoms with E-state index in [9.17, 15) is 30.3 Å². The number of rotatable bonds is 3. The molecule has 0 atom stereocenters. The van der Waals surface area contributed by atoms with Crippen molar-refractivity contribution in [3.05, 3.63) is 42.5 Å². The van der Waals surface area contributed by atoms with Gasteiger partial charge in [0.1, 0.15) is 0 Å². The van der Waals surface area contributed by atoms with Crippen molar-refractivity contribution in [2.24, 2.45) is 0 Å². The van der Waals surface area contributed by atoms with E-state index in [4.69, 9.17) is 5.11 Å². The van der Waals surface area contributed by atoms with E-state index in [1.165, 1.54) is 0 Å². The summed E-state index contributed by atoms with van der Waals surface area (Å²) in [5.74, 6) is -1.21. The molecule has 0 spiro atoms. The topological polar surface area (TPSA) is 150 Å². The maximum atomic E-state index is 10.4. The zero-order valence-corrected chi connectivity index (χ0v) is 7.39. The van der Waals surface area contributed by atoms with Gasteiger partial charge >= 0.3 is 40.9 Å². The Morgan fingerprint density at radius 1 is 0.882 bits per heavy atom. The number of non-ortho nitro benzene ring substituents is 1. The maximum absolute atomic E-state index is 10.4. The van der Waals surface area contributed by atoms with Crippen LogP contribution in [0.4, 0.5) is 17.1 Å². The van der Waals surface area contributed by atoms with E-state index in [0.29, 0.717) is 12.1 Å². The quantitative estimate of drug-likeness (QED) is 0.467. The van der Waals surface area contributed by atoms with Crippen molar-refractivity contribution in [3.63, 3.8) is 0 Å². The van der Waals surface area contributed by atoms with Crippen LogP contribution in [0.15, 0.2) is 12.1 Å². The molecule has 86 valence electrons. The van der Waals surface area contributed by atoms with E-state index in [-0.39, 0.29) is 29.6 Å². The van der Waals surface area contributed by atoms with Crippen molar-refractivity contribution in [1.29, 1.82) is 0 Å². The fourth-order valence-corrected chi connectivity index (χ4v) is 0.974. The molecule has 1 aromatic carbocycles. The molecule has 10 nitrogen and oxygen atoms in total. The summed E-state index contributed by atoms with van der Waals surface area (Å²) in [5.41, 5.74) is -3.00. The summed E-state index contributed by atoms with van der Waals surface area (Å²) in [4.78, 5) is 27.8. The zero-order valence-electron chi connectivity index (χ0n) is 7.39. The van der Waals surface area contributed by atoms with Gasteiger partial charge in [0.05, 0.1) is 26.9 Å². The van der Waals surface area contributed by atoms with Gasteiger partial charge in [-0.05, 0) is 0 Å². The molecule has 0 saturated carbocycles. The van der Waals surface area contributed by atoms with Gasteiger partial charge in [-0.2, -0.15) is 0 Å². The number of phenols is 1. The van der Waals surface area contributed by atoms with Gasteiger partial charge in [-0.15, -0.1) is 0 Å². The molecule has 17 heavy (non-hydrogen) atoms. The molecule has 0 aliphatic carbocycles. The molecule has 0 aromatic heterocycles. The molecular weight excluding hydrogens is 249 g/mol. The van der Waals surface area contributed by atoms with Crippen molar-refractivity contribution >= 4 is 46.6 Å². The van der Waals surface area contributed by atoms with E-state index in [1.807, 2.05) is 0 Å². The summed E-state index contributed by atoms with van der Waals surface area (Å²) in [6, 6.07) is 0.894. The first-order valence-corrected chi connectivity index (χ1v) is 3.64. The fourth-order valence-electron chi connectivity index (χ4n) is 0.974. The van der Waals surface area contributed by atoms with Crippen LogP contribution in [0.3, 0.4) is 0 Å². The molecule has 11 heteroatoms. The molecular formula is C6H4N3NaO7. The van der Waals surface area contributed by atoms with E-state index in [1.54, 1.807) is 0 Å². The van der Waals surface area contributed by atoms with E-state index >= 15 is 0 Å². The van der Waals surface area contributed by atoms with Gasteiger partial charge in [-0.3, -0.25) is 30.3 Å². The van der Waals surface area contributed by atoms with Crippen LogP contribution < -0.4 is 0 Å². The van der Waals surface area contributed by atoms with Crippen LogP contribution in [0.1, 0.15) is 0 Å². The monoisotopic (exact) mass is 253 g/mol. The van der Waals surface area contributed by atoms with Crippen LogP contribution >= 0.6 is 0 Å². The summed E-state index contributed by atoms with van der Waals surface area (Å²) in [6.45, 7) is 0. The average molecular weight is 253 g/mol. The molecule has 0 fully saturated rings. The summed E-state index contributed by atoms with van der Waals surface area (Å²) in [7, 11) is 0. The Kier molecular flexibility index (Phi) is 4.94. The molecule has 0 saturated heterocycles. The minimum atomic E-state index is -1.21. The number of phenolic OH excluding ortho intramolecular Hbond substituents is 1. The average Bonchev–Trinajstić information content (AvgIpc) is 2.16. The van der Waals surface area contributed by atoms with Crippen LogP contribution in [0.5, 0.6) is 5.75 Å². The first kappa shape index (κ1) is 15.2. The Morgan fingerprint density at radius 3 is 1.47 bits per heavy atom. The summed E-state index contributed by atoms with van der Waals surface area (Å²) in [6.07, 6.45) is 0. The molecule has 0 unspecified atom stereocenters. The number of hydrogen-bond acceptors (Lipinski definition) is 7. The standard InChI is InChI=1S/C6H3N3O7.Na.H/c10-6-4(8(13)14)1-3(7(11)12)2-5(6)9(15)16;;/h1-2,10H;;. The van der Waals surface area contributed by atoms with Gasteiger partial charge in [-0.25, -0.2) is 0 Å². The second-order valence-electron chi connectivity index (χ2n) is 2.60.